The lowest BCUT2D eigenvalue weighted by Crippen LogP contribution is -2.47. The van der Waals surface area contributed by atoms with Crippen LogP contribution in [0.3, 0.4) is 0 Å². The molecule has 3 aromatic rings. The number of benzene rings is 3. The third kappa shape index (κ3) is 11.4. The number of halogens is 3. The molecular weight excluding hydrogens is 673 g/mol. The fraction of sp³-hybridized carbons (Fsp3) is 0.333. The summed E-state index contributed by atoms with van der Waals surface area (Å²) >= 11 is 2.22. The van der Waals surface area contributed by atoms with Gasteiger partial charge in [-0.25, -0.2) is 18.4 Å². The SMILES string of the molecule is O=C(O)C(=O)O.[N-]=[N+]=Nc1ccc(CCCN2CCN(CCCN(c3ccc(F)cc3)c3ccc(F)cc3)CC2)cc1I. The second kappa shape index (κ2) is 17.4. The highest BCUT2D eigenvalue weighted by Gasteiger charge is 2.17. The predicted octanol–water partition coefficient (Wildman–Crippen LogP) is 6.45. The van der Waals surface area contributed by atoms with Gasteiger partial charge >= 0.3 is 11.9 Å². The molecule has 0 radical (unpaired) electrons. The minimum atomic E-state index is -1.82. The molecule has 0 aromatic heterocycles. The number of piperazine rings is 1. The number of carboxylic acid groups (broad SMARTS) is 2. The van der Waals surface area contributed by atoms with Crippen molar-refractivity contribution in [2.75, 3.05) is 50.7 Å². The molecule has 0 aliphatic carbocycles. The van der Waals surface area contributed by atoms with Crippen molar-refractivity contribution < 1.29 is 28.6 Å². The van der Waals surface area contributed by atoms with Crippen molar-refractivity contribution in [3.05, 3.63) is 97.9 Å². The number of aliphatic carboxylic acids is 2. The fourth-order valence-electron chi connectivity index (χ4n) is 4.68. The van der Waals surface area contributed by atoms with Gasteiger partial charge in [-0.3, -0.25) is 0 Å². The van der Waals surface area contributed by atoms with Crippen LogP contribution in [-0.4, -0.2) is 77.8 Å². The maximum atomic E-state index is 13.5. The van der Waals surface area contributed by atoms with E-state index in [9.17, 15) is 8.78 Å². The molecule has 0 amide bonds. The van der Waals surface area contributed by atoms with Crippen molar-refractivity contribution in [3.8, 4) is 0 Å². The van der Waals surface area contributed by atoms with Crippen LogP contribution in [0.1, 0.15) is 18.4 Å². The average molecular weight is 707 g/mol. The Morgan fingerprint density at radius 3 is 1.77 bits per heavy atom. The highest BCUT2D eigenvalue weighted by Crippen LogP contribution is 2.26. The highest BCUT2D eigenvalue weighted by atomic mass is 127. The molecule has 13 heteroatoms. The van der Waals surface area contributed by atoms with Crippen molar-refractivity contribution in [1.29, 1.82) is 0 Å². The molecule has 4 rings (SSSR count). The molecule has 2 N–H and O–H groups in total. The Morgan fingerprint density at radius 1 is 0.837 bits per heavy atom. The first-order valence-corrected chi connectivity index (χ1v) is 14.8. The van der Waals surface area contributed by atoms with Crippen LogP contribution in [0, 0.1) is 15.2 Å². The Hall–Kier alpha value is -3.78. The number of carboxylic acids is 2. The van der Waals surface area contributed by atoms with Crippen LogP contribution >= 0.6 is 22.6 Å². The van der Waals surface area contributed by atoms with Crippen LogP contribution < -0.4 is 4.90 Å². The number of azide groups is 1. The molecule has 1 aliphatic heterocycles. The van der Waals surface area contributed by atoms with Gasteiger partial charge in [-0.1, -0.05) is 17.2 Å². The van der Waals surface area contributed by atoms with Gasteiger partial charge in [0.05, 0.1) is 5.69 Å². The van der Waals surface area contributed by atoms with Crippen LogP contribution in [0.4, 0.5) is 25.8 Å². The van der Waals surface area contributed by atoms with Crippen LogP contribution in [0.5, 0.6) is 0 Å². The van der Waals surface area contributed by atoms with E-state index in [1.54, 1.807) is 24.3 Å². The van der Waals surface area contributed by atoms with E-state index in [-0.39, 0.29) is 11.6 Å². The van der Waals surface area contributed by atoms with E-state index in [2.05, 4.69) is 53.4 Å². The molecule has 1 saturated heterocycles. The third-order valence-corrected chi connectivity index (χ3v) is 7.75. The Bertz CT molecular complexity index is 1340. The molecule has 0 unspecified atom stereocenters. The topological polar surface area (TPSA) is 133 Å². The lowest BCUT2D eigenvalue weighted by molar-refractivity contribution is -0.159. The van der Waals surface area contributed by atoms with Gasteiger partial charge in [-0.15, -0.1) is 0 Å². The van der Waals surface area contributed by atoms with Crippen molar-refractivity contribution in [1.82, 2.24) is 9.80 Å². The summed E-state index contributed by atoms with van der Waals surface area (Å²) in [5.41, 5.74) is 12.4. The van der Waals surface area contributed by atoms with Crippen molar-refractivity contribution >= 4 is 51.6 Å². The minimum absolute atomic E-state index is 0.265. The first-order chi connectivity index (χ1) is 20.7. The quantitative estimate of drug-likeness (QED) is 0.0771. The molecule has 0 saturated carbocycles. The first-order valence-electron chi connectivity index (χ1n) is 13.7. The molecule has 228 valence electrons. The number of carbonyl (C=O) groups is 2. The Morgan fingerprint density at radius 2 is 1.33 bits per heavy atom. The zero-order valence-corrected chi connectivity index (χ0v) is 25.6. The monoisotopic (exact) mass is 706 g/mol. The summed E-state index contributed by atoms with van der Waals surface area (Å²) in [5.74, 6) is -4.18. The molecule has 43 heavy (non-hydrogen) atoms. The van der Waals surface area contributed by atoms with Crippen molar-refractivity contribution in [3.63, 3.8) is 0 Å². The van der Waals surface area contributed by atoms with Crippen molar-refractivity contribution in [2.24, 2.45) is 5.11 Å². The zero-order chi connectivity index (χ0) is 31.2. The molecule has 1 aliphatic rings. The number of hydrogen-bond acceptors (Lipinski definition) is 6. The summed E-state index contributed by atoms with van der Waals surface area (Å²) in [6.45, 7) is 7.06. The average Bonchev–Trinajstić information content (AvgIpc) is 2.99. The minimum Gasteiger partial charge on any atom is -0.473 e. The first kappa shape index (κ1) is 33.7. The second-order valence-electron chi connectivity index (χ2n) is 9.83. The van der Waals surface area contributed by atoms with Gasteiger partial charge < -0.3 is 24.9 Å². The fourth-order valence-corrected chi connectivity index (χ4v) is 5.37. The van der Waals surface area contributed by atoms with Gasteiger partial charge in [0.1, 0.15) is 11.6 Å². The second-order valence-corrected chi connectivity index (χ2v) is 11.0. The van der Waals surface area contributed by atoms with Gasteiger partial charge in [-0.05, 0) is 121 Å². The summed E-state index contributed by atoms with van der Waals surface area (Å²) in [6, 6.07) is 19.0. The molecule has 1 heterocycles. The molecule has 10 nitrogen and oxygen atoms in total. The van der Waals surface area contributed by atoms with E-state index in [4.69, 9.17) is 25.3 Å². The molecule has 0 bridgehead atoms. The maximum absolute atomic E-state index is 13.5. The molecule has 3 aromatic carbocycles. The molecule has 0 spiro atoms. The third-order valence-electron chi connectivity index (χ3n) is 6.88. The normalized spacial score (nSPS) is 13.4. The van der Waals surface area contributed by atoms with Gasteiger partial charge in [0.2, 0.25) is 0 Å². The standard InChI is InChI=1S/C28H31F2IN6.C2H2O4/c29-23-5-9-25(10-6-23)37(26-11-7-24(30)8-12-26)16-2-15-36-19-17-35(18-20-36)14-1-3-22-4-13-28(33-34-32)27(31)21-22;3-1(4)2(5)6/h4-13,21H,1-3,14-20H2;(H,3,4)(H,5,6). The molecule has 0 atom stereocenters. The van der Waals surface area contributed by atoms with Crippen LogP contribution in [0.2, 0.25) is 0 Å². The van der Waals surface area contributed by atoms with Crippen LogP contribution in [0.15, 0.2) is 71.8 Å². The number of rotatable bonds is 11. The van der Waals surface area contributed by atoms with Crippen molar-refractivity contribution in [2.45, 2.75) is 19.3 Å². The van der Waals surface area contributed by atoms with Gasteiger partial charge in [0, 0.05) is 52.6 Å². The Labute approximate surface area is 262 Å². The van der Waals surface area contributed by atoms with E-state index in [1.165, 1.54) is 29.8 Å². The number of aryl methyl sites for hydroxylation is 1. The smallest absolute Gasteiger partial charge is 0.414 e. The highest BCUT2D eigenvalue weighted by molar-refractivity contribution is 14.1. The van der Waals surface area contributed by atoms with Gasteiger partial charge in [0.15, 0.2) is 0 Å². The summed E-state index contributed by atoms with van der Waals surface area (Å²) in [7, 11) is 0. The lowest BCUT2D eigenvalue weighted by atomic mass is 10.1. The number of nitrogens with zero attached hydrogens (tertiary/aromatic N) is 6. The van der Waals surface area contributed by atoms with E-state index >= 15 is 0 Å². The summed E-state index contributed by atoms with van der Waals surface area (Å²) in [4.78, 5) is 28.2. The van der Waals surface area contributed by atoms with E-state index < -0.39 is 11.9 Å². The van der Waals surface area contributed by atoms with Gasteiger partial charge in [-0.2, -0.15) is 0 Å². The van der Waals surface area contributed by atoms with E-state index in [0.29, 0.717) is 5.69 Å². The van der Waals surface area contributed by atoms with E-state index in [0.717, 1.165) is 80.0 Å². The Kier molecular flexibility index (Phi) is 13.6. The summed E-state index contributed by atoms with van der Waals surface area (Å²) in [6.07, 6.45) is 3.07. The number of hydrogen-bond donors (Lipinski definition) is 2. The predicted molar refractivity (Wildman–Crippen MR) is 169 cm³/mol. The largest absolute Gasteiger partial charge is 0.473 e. The summed E-state index contributed by atoms with van der Waals surface area (Å²) < 4.78 is 27.9. The van der Waals surface area contributed by atoms with Crippen LogP contribution in [0.25, 0.3) is 10.4 Å². The van der Waals surface area contributed by atoms with Crippen LogP contribution in [-0.2, 0) is 16.0 Å². The lowest BCUT2D eigenvalue weighted by Gasteiger charge is -2.35. The van der Waals surface area contributed by atoms with Gasteiger partial charge in [0.25, 0.3) is 0 Å². The molecular formula is C30H33F2IN6O4. The Balaban J connectivity index is 0.000000765. The summed E-state index contributed by atoms with van der Waals surface area (Å²) in [5, 5.41) is 18.5. The maximum Gasteiger partial charge on any atom is 0.414 e. The zero-order valence-electron chi connectivity index (χ0n) is 23.5. The van der Waals surface area contributed by atoms with E-state index in [1.807, 2.05) is 12.1 Å². The molecule has 1 fully saturated rings. The number of anilines is 2.